The summed E-state index contributed by atoms with van der Waals surface area (Å²) in [5.41, 5.74) is 0.146. The Bertz CT molecular complexity index is 142. The maximum atomic E-state index is 5.45. The van der Waals surface area contributed by atoms with E-state index in [1.165, 1.54) is 11.9 Å². The van der Waals surface area contributed by atoms with Crippen LogP contribution in [0.4, 0.5) is 0 Å². The van der Waals surface area contributed by atoms with Crippen LogP contribution in [0.15, 0.2) is 23.6 Å². The Labute approximate surface area is 67.5 Å². The summed E-state index contributed by atoms with van der Waals surface area (Å²) in [6.07, 6.45) is 3.71. The first-order valence-electron chi connectivity index (χ1n) is 3.22. The molecule has 0 rings (SSSR count). The third kappa shape index (κ3) is 3.08. The van der Waals surface area contributed by atoms with E-state index < -0.39 is 0 Å². The molecular weight excluding hydrogens is 142 g/mol. The maximum Gasteiger partial charge on any atom is 0.00544 e. The zero-order valence-corrected chi connectivity index (χ0v) is 7.66. The summed E-state index contributed by atoms with van der Waals surface area (Å²) < 4.78 is 0. The number of allylic oxidation sites excluding steroid dienone is 3. The van der Waals surface area contributed by atoms with Crippen LogP contribution in [0.3, 0.4) is 0 Å². The van der Waals surface area contributed by atoms with Crippen LogP contribution < -0.4 is 5.14 Å². The summed E-state index contributed by atoms with van der Waals surface area (Å²) in [7, 11) is 0. The predicted octanol–water partition coefficient (Wildman–Crippen LogP) is 2.71. The molecule has 1 nitrogen and oxygen atoms in total. The molecule has 2 heteroatoms. The largest absolute Gasteiger partial charge is 0.274 e. The maximum absolute atomic E-state index is 5.45. The normalized spacial score (nSPS) is 13.4. The average Bonchev–Trinajstić information content (AvgIpc) is 1.80. The fourth-order valence-electron chi connectivity index (χ4n) is 0.573. The molecule has 10 heavy (non-hydrogen) atoms. The highest BCUT2D eigenvalue weighted by Crippen LogP contribution is 2.31. The second-order valence-electron chi connectivity index (χ2n) is 3.13. The minimum Gasteiger partial charge on any atom is -0.274 e. The molecule has 0 aliphatic heterocycles. The average molecular weight is 157 g/mol. The van der Waals surface area contributed by atoms with Gasteiger partial charge in [-0.15, -0.1) is 0 Å². The zero-order chi connectivity index (χ0) is 8.20. The fraction of sp³-hybridized carbons (Fsp3) is 0.500. The molecule has 0 saturated heterocycles. The van der Waals surface area contributed by atoms with Gasteiger partial charge < -0.3 is 0 Å². The van der Waals surface area contributed by atoms with Crippen molar-refractivity contribution >= 4 is 11.9 Å². The molecule has 0 fully saturated rings. The van der Waals surface area contributed by atoms with E-state index in [4.69, 9.17) is 5.14 Å². The van der Waals surface area contributed by atoms with Gasteiger partial charge in [0.15, 0.2) is 0 Å². The quantitative estimate of drug-likeness (QED) is 0.492. The van der Waals surface area contributed by atoms with E-state index >= 15 is 0 Å². The van der Waals surface area contributed by atoms with Crippen molar-refractivity contribution in [3.63, 3.8) is 0 Å². The first-order valence-corrected chi connectivity index (χ1v) is 4.10. The Kier molecular flexibility index (Phi) is 3.76. The number of nitrogens with two attached hydrogens (primary N) is 1. The number of hydrogen-bond donors (Lipinski definition) is 1. The van der Waals surface area contributed by atoms with Gasteiger partial charge in [0.25, 0.3) is 0 Å². The molecule has 0 aromatic heterocycles. The van der Waals surface area contributed by atoms with Crippen molar-refractivity contribution in [2.75, 3.05) is 0 Å². The van der Waals surface area contributed by atoms with Crippen molar-refractivity contribution in [3.8, 4) is 0 Å². The van der Waals surface area contributed by atoms with Crippen LogP contribution in [-0.4, -0.2) is 0 Å². The van der Waals surface area contributed by atoms with Gasteiger partial charge in [-0.25, -0.2) is 0 Å². The van der Waals surface area contributed by atoms with Gasteiger partial charge in [-0.1, -0.05) is 51.5 Å². The summed E-state index contributed by atoms with van der Waals surface area (Å²) in [6.45, 7) is 10.00. The monoisotopic (exact) mass is 157 g/mol. The lowest BCUT2D eigenvalue weighted by molar-refractivity contribution is 0.533. The van der Waals surface area contributed by atoms with Crippen molar-refractivity contribution < 1.29 is 0 Å². The smallest absolute Gasteiger partial charge is 0.00544 e. The molecule has 0 bridgehead atoms. The molecule has 0 aromatic rings. The highest BCUT2D eigenvalue weighted by Gasteiger charge is 2.15. The van der Waals surface area contributed by atoms with Gasteiger partial charge in [-0.05, 0) is 5.41 Å². The molecule has 0 unspecified atom stereocenters. The minimum atomic E-state index is 0.146. The van der Waals surface area contributed by atoms with Gasteiger partial charge in [-0.3, -0.25) is 5.14 Å². The van der Waals surface area contributed by atoms with E-state index in [2.05, 4.69) is 27.4 Å². The molecule has 58 valence electrons. The molecule has 2 N–H and O–H groups in total. The third-order valence-electron chi connectivity index (χ3n) is 1.14. The van der Waals surface area contributed by atoms with Crippen LogP contribution in [0.2, 0.25) is 0 Å². The Morgan fingerprint density at radius 3 is 2.10 bits per heavy atom. The van der Waals surface area contributed by atoms with Crippen LogP contribution in [0.5, 0.6) is 0 Å². The summed E-state index contributed by atoms with van der Waals surface area (Å²) in [4.78, 5) is 1.16. The summed E-state index contributed by atoms with van der Waals surface area (Å²) >= 11 is 1.29. The van der Waals surface area contributed by atoms with E-state index in [-0.39, 0.29) is 5.41 Å². The second kappa shape index (κ2) is 3.84. The Morgan fingerprint density at radius 1 is 1.50 bits per heavy atom. The standard InChI is InChI=1S/C8H15NS/c1-5-6-7(10-9)8(2,3)4/h5-6H,1,9H2,2-4H3/b7-6-. The van der Waals surface area contributed by atoms with Crippen molar-refractivity contribution in [2.24, 2.45) is 10.6 Å². The topological polar surface area (TPSA) is 26.0 Å². The van der Waals surface area contributed by atoms with E-state index in [0.717, 1.165) is 4.91 Å². The molecule has 0 atom stereocenters. The Morgan fingerprint density at radius 2 is 2.00 bits per heavy atom. The van der Waals surface area contributed by atoms with Crippen molar-refractivity contribution in [1.82, 2.24) is 0 Å². The van der Waals surface area contributed by atoms with Crippen LogP contribution in [0.25, 0.3) is 0 Å². The van der Waals surface area contributed by atoms with Crippen molar-refractivity contribution in [3.05, 3.63) is 23.6 Å². The second-order valence-corrected chi connectivity index (χ2v) is 3.81. The lowest BCUT2D eigenvalue weighted by atomic mass is 9.96. The van der Waals surface area contributed by atoms with E-state index in [1.807, 2.05) is 6.08 Å². The Hall–Kier alpha value is -0.210. The molecule has 0 amide bonds. The van der Waals surface area contributed by atoms with Gasteiger partial charge in [0.2, 0.25) is 0 Å². The van der Waals surface area contributed by atoms with Crippen LogP contribution in [0.1, 0.15) is 20.8 Å². The van der Waals surface area contributed by atoms with Gasteiger partial charge >= 0.3 is 0 Å². The molecule has 0 aromatic carbocycles. The molecule has 0 aliphatic carbocycles. The van der Waals surface area contributed by atoms with Crippen molar-refractivity contribution in [2.45, 2.75) is 20.8 Å². The summed E-state index contributed by atoms with van der Waals surface area (Å²) in [6, 6.07) is 0. The SMILES string of the molecule is C=C/C=C(\SN)C(C)(C)C. The third-order valence-corrected chi connectivity index (χ3v) is 2.14. The highest BCUT2D eigenvalue weighted by molar-refractivity contribution is 8.01. The van der Waals surface area contributed by atoms with Gasteiger partial charge in [0.05, 0.1) is 0 Å². The molecule has 0 heterocycles. The molecule has 0 saturated carbocycles. The summed E-state index contributed by atoms with van der Waals surface area (Å²) in [5, 5.41) is 5.45. The predicted molar refractivity (Wildman–Crippen MR) is 49.5 cm³/mol. The van der Waals surface area contributed by atoms with E-state index in [1.54, 1.807) is 6.08 Å². The van der Waals surface area contributed by atoms with Gasteiger partial charge in [0.1, 0.15) is 0 Å². The molecule has 0 spiro atoms. The fourth-order valence-corrected chi connectivity index (χ4v) is 1.10. The zero-order valence-electron chi connectivity index (χ0n) is 6.85. The highest BCUT2D eigenvalue weighted by atomic mass is 32.2. The summed E-state index contributed by atoms with van der Waals surface area (Å²) in [5.74, 6) is 0. The van der Waals surface area contributed by atoms with E-state index in [0.29, 0.717) is 0 Å². The van der Waals surface area contributed by atoms with Gasteiger partial charge in [0, 0.05) is 4.91 Å². The Balaban J connectivity index is 4.35. The van der Waals surface area contributed by atoms with Crippen LogP contribution >= 0.6 is 11.9 Å². The van der Waals surface area contributed by atoms with Gasteiger partial charge in [-0.2, -0.15) is 0 Å². The van der Waals surface area contributed by atoms with Crippen LogP contribution in [0, 0.1) is 5.41 Å². The van der Waals surface area contributed by atoms with Crippen LogP contribution in [-0.2, 0) is 0 Å². The molecule has 0 radical (unpaired) electrons. The van der Waals surface area contributed by atoms with E-state index in [9.17, 15) is 0 Å². The number of hydrogen-bond acceptors (Lipinski definition) is 2. The lowest BCUT2D eigenvalue weighted by Crippen LogP contribution is -2.07. The molecular formula is C8H15NS. The number of rotatable bonds is 2. The van der Waals surface area contributed by atoms with Crippen molar-refractivity contribution in [1.29, 1.82) is 0 Å². The molecule has 0 aliphatic rings. The first-order chi connectivity index (χ1) is 4.52. The minimum absolute atomic E-state index is 0.146. The lowest BCUT2D eigenvalue weighted by Gasteiger charge is -2.19. The first kappa shape index (κ1) is 9.79.